The first-order valence-electron chi connectivity index (χ1n) is 5.42. The predicted octanol–water partition coefficient (Wildman–Crippen LogP) is 2.08. The highest BCUT2D eigenvalue weighted by molar-refractivity contribution is 6.30. The molecule has 1 saturated heterocycles. The summed E-state index contributed by atoms with van der Waals surface area (Å²) in [6.45, 7) is 2.36. The summed E-state index contributed by atoms with van der Waals surface area (Å²) in [5, 5.41) is 10.0. The van der Waals surface area contributed by atoms with Gasteiger partial charge >= 0.3 is 0 Å². The van der Waals surface area contributed by atoms with Crippen LogP contribution in [0.3, 0.4) is 0 Å². The smallest absolute Gasteiger partial charge is 0.257 e. The molecule has 0 atom stereocenters. The van der Waals surface area contributed by atoms with Crippen molar-refractivity contribution in [2.45, 2.75) is 18.9 Å². The van der Waals surface area contributed by atoms with Crippen LogP contribution in [0.15, 0.2) is 18.2 Å². The van der Waals surface area contributed by atoms with Crippen LogP contribution < -0.4 is 0 Å². The van der Waals surface area contributed by atoms with Crippen molar-refractivity contribution in [3.63, 3.8) is 0 Å². The lowest BCUT2D eigenvalue weighted by Gasteiger charge is -2.46. The van der Waals surface area contributed by atoms with Crippen molar-refractivity contribution >= 4 is 17.5 Å². The zero-order valence-electron chi connectivity index (χ0n) is 9.41. The zero-order chi connectivity index (χ0) is 12.6. The second-order valence-electron chi connectivity index (χ2n) is 4.36. The lowest BCUT2D eigenvalue weighted by Crippen LogP contribution is -2.63. The van der Waals surface area contributed by atoms with Crippen molar-refractivity contribution in [3.05, 3.63) is 34.6 Å². The molecule has 1 aliphatic rings. The van der Waals surface area contributed by atoms with E-state index >= 15 is 0 Å². The van der Waals surface area contributed by atoms with Crippen LogP contribution in [-0.4, -0.2) is 34.6 Å². The number of amides is 1. The summed E-state index contributed by atoms with van der Waals surface area (Å²) in [5.41, 5.74) is -0.814. The third-order valence-electron chi connectivity index (χ3n) is 3.08. The van der Waals surface area contributed by atoms with Crippen molar-refractivity contribution in [2.24, 2.45) is 0 Å². The van der Waals surface area contributed by atoms with Crippen molar-refractivity contribution in [1.82, 2.24) is 4.90 Å². The molecule has 0 aliphatic carbocycles. The molecule has 2 rings (SSSR count). The first-order valence-corrected chi connectivity index (χ1v) is 5.80. The van der Waals surface area contributed by atoms with E-state index in [2.05, 4.69) is 0 Å². The summed E-state index contributed by atoms with van der Waals surface area (Å²) in [7, 11) is 0. The number of hydrogen-bond acceptors (Lipinski definition) is 2. The van der Waals surface area contributed by atoms with E-state index < -0.39 is 17.3 Å². The van der Waals surface area contributed by atoms with Gasteiger partial charge in [0.25, 0.3) is 5.91 Å². The van der Waals surface area contributed by atoms with E-state index in [9.17, 15) is 14.3 Å². The molecule has 0 unspecified atom stereocenters. The molecule has 0 spiro atoms. The van der Waals surface area contributed by atoms with E-state index in [-0.39, 0.29) is 23.7 Å². The van der Waals surface area contributed by atoms with Gasteiger partial charge in [0.1, 0.15) is 5.82 Å². The maximum atomic E-state index is 13.5. The molecule has 1 N–H and O–H groups in total. The molecule has 1 aromatic rings. The standard InChI is InChI=1S/C12H13ClFNO2/c1-2-12(17)6-15(7-12)11(16)9-4-3-8(13)5-10(9)14/h3-5,17H,2,6-7H2,1H3. The number of aliphatic hydroxyl groups is 1. The summed E-state index contributed by atoms with van der Waals surface area (Å²) in [5.74, 6) is -1.04. The van der Waals surface area contributed by atoms with Gasteiger partial charge in [-0.25, -0.2) is 4.39 Å². The molecule has 1 amide bonds. The fourth-order valence-electron chi connectivity index (χ4n) is 1.86. The normalized spacial score (nSPS) is 17.8. The molecule has 0 saturated carbocycles. The van der Waals surface area contributed by atoms with Gasteiger partial charge in [-0.05, 0) is 24.6 Å². The van der Waals surface area contributed by atoms with Gasteiger partial charge in [0.2, 0.25) is 0 Å². The van der Waals surface area contributed by atoms with Crippen LogP contribution in [0, 0.1) is 5.82 Å². The molecular weight excluding hydrogens is 245 g/mol. The van der Waals surface area contributed by atoms with Gasteiger partial charge in [0.15, 0.2) is 0 Å². The fraction of sp³-hybridized carbons (Fsp3) is 0.417. The van der Waals surface area contributed by atoms with E-state index in [1.165, 1.54) is 17.0 Å². The van der Waals surface area contributed by atoms with Gasteiger partial charge in [0.05, 0.1) is 24.3 Å². The quantitative estimate of drug-likeness (QED) is 0.881. The van der Waals surface area contributed by atoms with Crippen LogP contribution in [-0.2, 0) is 0 Å². The Kier molecular flexibility index (Phi) is 3.10. The van der Waals surface area contributed by atoms with Crippen molar-refractivity contribution < 1.29 is 14.3 Å². The Morgan fingerprint density at radius 3 is 2.76 bits per heavy atom. The molecule has 1 heterocycles. The second-order valence-corrected chi connectivity index (χ2v) is 4.80. The largest absolute Gasteiger partial charge is 0.386 e. The first kappa shape index (κ1) is 12.3. The Morgan fingerprint density at radius 1 is 1.59 bits per heavy atom. The Bertz CT molecular complexity index is 458. The van der Waals surface area contributed by atoms with Gasteiger partial charge < -0.3 is 10.0 Å². The van der Waals surface area contributed by atoms with Crippen LogP contribution in [0.4, 0.5) is 4.39 Å². The third kappa shape index (κ3) is 2.28. The van der Waals surface area contributed by atoms with Gasteiger partial charge in [-0.3, -0.25) is 4.79 Å². The number of nitrogens with zero attached hydrogens (tertiary/aromatic N) is 1. The number of halogens is 2. The number of rotatable bonds is 2. The molecule has 5 heteroatoms. The highest BCUT2D eigenvalue weighted by Gasteiger charge is 2.42. The van der Waals surface area contributed by atoms with Gasteiger partial charge in [0, 0.05) is 5.02 Å². The summed E-state index contributed by atoms with van der Waals surface area (Å²) in [6.07, 6.45) is 0.583. The summed E-state index contributed by atoms with van der Waals surface area (Å²) in [6, 6.07) is 3.95. The van der Waals surface area contributed by atoms with E-state index in [4.69, 9.17) is 11.6 Å². The Labute approximate surface area is 104 Å². The molecule has 1 aliphatic heterocycles. The van der Waals surface area contributed by atoms with Crippen LogP contribution in [0.2, 0.25) is 5.02 Å². The molecular formula is C12H13ClFNO2. The lowest BCUT2D eigenvalue weighted by atomic mass is 9.90. The van der Waals surface area contributed by atoms with Crippen LogP contribution in [0.1, 0.15) is 23.7 Å². The molecule has 92 valence electrons. The average molecular weight is 258 g/mol. The van der Waals surface area contributed by atoms with E-state index in [1.807, 2.05) is 6.92 Å². The van der Waals surface area contributed by atoms with Crippen molar-refractivity contribution in [2.75, 3.05) is 13.1 Å². The number of β-amino-alcohol motifs (C(OH)–C–C–N with tert-alkyl or cyclic N) is 1. The number of carbonyl (C=O) groups excluding carboxylic acids is 1. The zero-order valence-corrected chi connectivity index (χ0v) is 10.2. The maximum Gasteiger partial charge on any atom is 0.257 e. The molecule has 0 bridgehead atoms. The van der Waals surface area contributed by atoms with E-state index in [0.29, 0.717) is 6.42 Å². The fourth-order valence-corrected chi connectivity index (χ4v) is 2.02. The van der Waals surface area contributed by atoms with Crippen LogP contribution in [0.5, 0.6) is 0 Å². The van der Waals surface area contributed by atoms with Crippen molar-refractivity contribution in [1.29, 1.82) is 0 Å². The van der Waals surface area contributed by atoms with E-state index in [1.54, 1.807) is 0 Å². The topological polar surface area (TPSA) is 40.5 Å². The van der Waals surface area contributed by atoms with Gasteiger partial charge in [-0.2, -0.15) is 0 Å². The third-order valence-corrected chi connectivity index (χ3v) is 3.31. The molecule has 1 aromatic carbocycles. The minimum Gasteiger partial charge on any atom is -0.386 e. The van der Waals surface area contributed by atoms with Crippen LogP contribution in [0.25, 0.3) is 0 Å². The number of carbonyl (C=O) groups is 1. The molecule has 17 heavy (non-hydrogen) atoms. The summed E-state index contributed by atoms with van der Waals surface area (Å²) in [4.78, 5) is 13.3. The second kappa shape index (κ2) is 4.27. The maximum absolute atomic E-state index is 13.5. The minimum absolute atomic E-state index is 0.00690. The highest BCUT2D eigenvalue weighted by Crippen LogP contribution is 2.26. The number of likely N-dealkylation sites (tertiary alicyclic amines) is 1. The monoisotopic (exact) mass is 257 g/mol. The minimum atomic E-state index is -0.807. The average Bonchev–Trinajstić information content (AvgIpc) is 2.24. The molecule has 1 fully saturated rings. The Hall–Kier alpha value is -1.13. The SMILES string of the molecule is CCC1(O)CN(C(=O)c2ccc(Cl)cc2F)C1. The van der Waals surface area contributed by atoms with Gasteiger partial charge in [-0.1, -0.05) is 18.5 Å². The Balaban J connectivity index is 2.12. The molecule has 3 nitrogen and oxygen atoms in total. The summed E-state index contributed by atoms with van der Waals surface area (Å²) < 4.78 is 13.5. The number of hydrogen-bond donors (Lipinski definition) is 1. The molecule has 0 radical (unpaired) electrons. The lowest BCUT2D eigenvalue weighted by molar-refractivity contribution is -0.0827. The van der Waals surface area contributed by atoms with Crippen LogP contribution >= 0.6 is 11.6 Å². The molecule has 0 aromatic heterocycles. The highest BCUT2D eigenvalue weighted by atomic mass is 35.5. The first-order chi connectivity index (χ1) is 7.95. The predicted molar refractivity (Wildman–Crippen MR) is 62.6 cm³/mol. The van der Waals surface area contributed by atoms with Gasteiger partial charge in [-0.15, -0.1) is 0 Å². The Morgan fingerprint density at radius 2 is 2.24 bits per heavy atom. The van der Waals surface area contributed by atoms with Crippen molar-refractivity contribution in [3.8, 4) is 0 Å². The summed E-state index contributed by atoms with van der Waals surface area (Å²) >= 11 is 5.61. The van der Waals surface area contributed by atoms with E-state index in [0.717, 1.165) is 6.07 Å². The number of benzene rings is 1.